The molecule has 1 fully saturated rings. The van der Waals surface area contributed by atoms with E-state index in [4.69, 9.17) is 5.11 Å². The Morgan fingerprint density at radius 1 is 1.42 bits per heavy atom. The third-order valence-electron chi connectivity index (χ3n) is 2.94. The molecule has 1 heterocycles. The molecule has 7 heteroatoms. The molecule has 1 aliphatic heterocycles. The predicted molar refractivity (Wildman–Crippen MR) is 74.1 cm³/mol. The molecule has 0 spiro atoms. The molecule has 1 N–H and O–H groups in total. The number of carbonyl (C=O) groups is 1. The summed E-state index contributed by atoms with van der Waals surface area (Å²) in [7, 11) is -3.73. The number of benzene rings is 1. The summed E-state index contributed by atoms with van der Waals surface area (Å²) in [4.78, 5) is 11.0. The molecular formula is C12H15NO4S2. The lowest BCUT2D eigenvalue weighted by Crippen LogP contribution is -2.41. The molecule has 0 saturated carbocycles. The predicted octanol–water partition coefficient (Wildman–Crippen LogP) is 1.51. The van der Waals surface area contributed by atoms with Gasteiger partial charge in [0.25, 0.3) is 0 Å². The van der Waals surface area contributed by atoms with E-state index in [1.807, 2.05) is 6.92 Å². The molecule has 1 unspecified atom stereocenters. The van der Waals surface area contributed by atoms with Crippen molar-refractivity contribution in [1.82, 2.24) is 4.31 Å². The summed E-state index contributed by atoms with van der Waals surface area (Å²) in [6.07, 6.45) is 0. The first-order valence-corrected chi connectivity index (χ1v) is 8.36. The highest BCUT2D eigenvalue weighted by atomic mass is 32.2. The van der Waals surface area contributed by atoms with E-state index in [-0.39, 0.29) is 15.7 Å². The van der Waals surface area contributed by atoms with Crippen LogP contribution in [-0.2, 0) is 10.0 Å². The fourth-order valence-corrected chi connectivity index (χ4v) is 4.95. The van der Waals surface area contributed by atoms with Gasteiger partial charge in [-0.05, 0) is 12.1 Å². The molecule has 1 saturated heterocycles. The van der Waals surface area contributed by atoms with Gasteiger partial charge in [0, 0.05) is 24.1 Å². The average Bonchev–Trinajstić information content (AvgIpc) is 2.38. The topological polar surface area (TPSA) is 74.7 Å². The van der Waals surface area contributed by atoms with Gasteiger partial charge in [0.05, 0.1) is 10.5 Å². The van der Waals surface area contributed by atoms with Crippen LogP contribution in [0.15, 0.2) is 29.2 Å². The van der Waals surface area contributed by atoms with E-state index < -0.39 is 16.0 Å². The Bertz CT molecular complexity index is 585. The summed E-state index contributed by atoms with van der Waals surface area (Å²) in [5.41, 5.74) is -0.173. The van der Waals surface area contributed by atoms with E-state index in [9.17, 15) is 13.2 Å². The fraction of sp³-hybridized carbons (Fsp3) is 0.417. The number of nitrogens with zero attached hydrogens (tertiary/aromatic N) is 1. The van der Waals surface area contributed by atoms with Crippen molar-refractivity contribution in [3.8, 4) is 0 Å². The minimum atomic E-state index is -3.73. The maximum atomic E-state index is 12.5. The first-order valence-electron chi connectivity index (χ1n) is 5.87. The highest BCUT2D eigenvalue weighted by Crippen LogP contribution is 2.26. The van der Waals surface area contributed by atoms with Gasteiger partial charge in [-0.25, -0.2) is 13.2 Å². The Hall–Kier alpha value is -1.05. The molecule has 1 aromatic carbocycles. The standard InChI is InChI=1S/C12H15NO4S2/c1-9-8-13(6-7-18-9)19(16,17)11-5-3-2-4-10(11)12(14)15/h2-5,9H,6-8H2,1H3,(H,14,15). The van der Waals surface area contributed by atoms with Crippen LogP contribution in [0.1, 0.15) is 17.3 Å². The molecule has 1 aliphatic rings. The quantitative estimate of drug-likeness (QED) is 0.916. The molecule has 0 bridgehead atoms. The lowest BCUT2D eigenvalue weighted by Gasteiger charge is -2.30. The molecule has 0 aromatic heterocycles. The molecule has 0 amide bonds. The van der Waals surface area contributed by atoms with E-state index >= 15 is 0 Å². The Labute approximate surface area is 116 Å². The molecule has 2 rings (SSSR count). The van der Waals surface area contributed by atoms with Crippen LogP contribution >= 0.6 is 11.8 Å². The van der Waals surface area contributed by atoms with Gasteiger partial charge in [0.15, 0.2) is 0 Å². The van der Waals surface area contributed by atoms with Crippen molar-refractivity contribution in [3.05, 3.63) is 29.8 Å². The van der Waals surface area contributed by atoms with E-state index in [0.717, 1.165) is 5.75 Å². The van der Waals surface area contributed by atoms with Crippen LogP contribution < -0.4 is 0 Å². The van der Waals surface area contributed by atoms with Gasteiger partial charge in [-0.15, -0.1) is 0 Å². The van der Waals surface area contributed by atoms with Crippen molar-refractivity contribution >= 4 is 27.8 Å². The van der Waals surface area contributed by atoms with Crippen molar-refractivity contribution in [2.24, 2.45) is 0 Å². The zero-order valence-electron chi connectivity index (χ0n) is 10.4. The van der Waals surface area contributed by atoms with Gasteiger partial charge in [-0.3, -0.25) is 0 Å². The zero-order chi connectivity index (χ0) is 14.0. The Balaban J connectivity index is 2.42. The molecule has 19 heavy (non-hydrogen) atoms. The van der Waals surface area contributed by atoms with Crippen LogP contribution in [0, 0.1) is 0 Å². The Morgan fingerprint density at radius 2 is 2.11 bits per heavy atom. The fourth-order valence-electron chi connectivity index (χ4n) is 2.01. The van der Waals surface area contributed by atoms with Gasteiger partial charge in [0.1, 0.15) is 0 Å². The highest BCUT2D eigenvalue weighted by Gasteiger charge is 2.31. The maximum Gasteiger partial charge on any atom is 0.337 e. The van der Waals surface area contributed by atoms with Crippen LogP contribution in [-0.4, -0.2) is 47.9 Å². The lowest BCUT2D eigenvalue weighted by molar-refractivity contribution is 0.0692. The van der Waals surface area contributed by atoms with Crippen LogP contribution in [0.3, 0.4) is 0 Å². The van der Waals surface area contributed by atoms with E-state index in [0.29, 0.717) is 13.1 Å². The number of aromatic carboxylic acids is 1. The lowest BCUT2D eigenvalue weighted by atomic mass is 10.2. The monoisotopic (exact) mass is 301 g/mol. The Kier molecular flexibility index (Phi) is 4.17. The van der Waals surface area contributed by atoms with Gasteiger partial charge < -0.3 is 5.11 Å². The highest BCUT2D eigenvalue weighted by molar-refractivity contribution is 8.00. The summed E-state index contributed by atoms with van der Waals surface area (Å²) in [6.45, 7) is 2.81. The number of sulfonamides is 1. The third kappa shape index (κ3) is 2.93. The van der Waals surface area contributed by atoms with Gasteiger partial charge in [-0.2, -0.15) is 16.1 Å². The zero-order valence-corrected chi connectivity index (χ0v) is 12.1. The van der Waals surface area contributed by atoms with Crippen molar-refractivity contribution in [2.75, 3.05) is 18.8 Å². The van der Waals surface area contributed by atoms with Gasteiger partial charge in [-0.1, -0.05) is 19.1 Å². The van der Waals surface area contributed by atoms with E-state index in [2.05, 4.69) is 0 Å². The minimum absolute atomic E-state index is 0.124. The molecular weight excluding hydrogens is 286 g/mol. The molecule has 104 valence electrons. The smallest absolute Gasteiger partial charge is 0.337 e. The van der Waals surface area contributed by atoms with Crippen LogP contribution in [0.5, 0.6) is 0 Å². The number of carboxylic acid groups (broad SMARTS) is 1. The van der Waals surface area contributed by atoms with Gasteiger partial charge >= 0.3 is 5.97 Å². The van der Waals surface area contributed by atoms with Crippen molar-refractivity contribution in [2.45, 2.75) is 17.1 Å². The first kappa shape index (κ1) is 14.4. The minimum Gasteiger partial charge on any atom is -0.478 e. The molecule has 0 aliphatic carbocycles. The van der Waals surface area contributed by atoms with Gasteiger partial charge in [0.2, 0.25) is 10.0 Å². The summed E-state index contributed by atoms with van der Waals surface area (Å²) in [5.74, 6) is -0.492. The summed E-state index contributed by atoms with van der Waals surface area (Å²) >= 11 is 1.72. The number of hydrogen-bond donors (Lipinski definition) is 1. The largest absolute Gasteiger partial charge is 0.478 e. The Morgan fingerprint density at radius 3 is 2.74 bits per heavy atom. The normalized spacial score (nSPS) is 21.2. The second kappa shape index (κ2) is 5.52. The van der Waals surface area contributed by atoms with Crippen molar-refractivity contribution < 1.29 is 18.3 Å². The SMILES string of the molecule is CC1CN(S(=O)(=O)c2ccccc2C(=O)O)CCS1. The number of carboxylic acids is 1. The first-order chi connectivity index (χ1) is 8.93. The number of rotatable bonds is 3. The summed E-state index contributed by atoms with van der Waals surface area (Å²) < 4.78 is 26.4. The summed E-state index contributed by atoms with van der Waals surface area (Å²) in [6, 6.07) is 5.74. The summed E-state index contributed by atoms with van der Waals surface area (Å²) in [5, 5.41) is 9.31. The number of thioether (sulfide) groups is 1. The number of hydrogen-bond acceptors (Lipinski definition) is 4. The van der Waals surface area contributed by atoms with E-state index in [1.54, 1.807) is 17.8 Å². The molecule has 5 nitrogen and oxygen atoms in total. The second-order valence-electron chi connectivity index (χ2n) is 4.35. The van der Waals surface area contributed by atoms with Crippen LogP contribution in [0.25, 0.3) is 0 Å². The van der Waals surface area contributed by atoms with Crippen molar-refractivity contribution in [3.63, 3.8) is 0 Å². The molecule has 1 aromatic rings. The third-order valence-corrected chi connectivity index (χ3v) is 6.00. The second-order valence-corrected chi connectivity index (χ2v) is 7.80. The van der Waals surface area contributed by atoms with Crippen LogP contribution in [0.2, 0.25) is 0 Å². The average molecular weight is 301 g/mol. The molecule has 1 atom stereocenters. The van der Waals surface area contributed by atoms with Crippen LogP contribution in [0.4, 0.5) is 0 Å². The molecule has 0 radical (unpaired) electrons. The maximum absolute atomic E-state index is 12.5. The van der Waals surface area contributed by atoms with E-state index in [1.165, 1.54) is 22.5 Å². The van der Waals surface area contributed by atoms with Crippen molar-refractivity contribution in [1.29, 1.82) is 0 Å².